The number of hydrogen-bond donors (Lipinski definition) is 1. The highest BCUT2D eigenvalue weighted by Crippen LogP contribution is 2.32. The maximum atomic E-state index is 13.3. The molecule has 1 aromatic carbocycles. The summed E-state index contributed by atoms with van der Waals surface area (Å²) >= 11 is 5.13. The van der Waals surface area contributed by atoms with Crippen molar-refractivity contribution < 1.29 is 13.2 Å². The fourth-order valence-corrected chi connectivity index (χ4v) is 5.67. The Hall–Kier alpha value is -1.47. The van der Waals surface area contributed by atoms with Crippen LogP contribution in [-0.2, 0) is 14.8 Å². The van der Waals surface area contributed by atoms with Gasteiger partial charge in [-0.25, -0.2) is 12.7 Å². The van der Waals surface area contributed by atoms with E-state index in [2.05, 4.69) is 5.32 Å². The van der Waals surface area contributed by atoms with Crippen LogP contribution in [-0.4, -0.2) is 29.8 Å². The highest BCUT2D eigenvalue weighted by Gasteiger charge is 2.46. The molecular weight excluding hydrogens is 332 g/mol. The third-order valence-corrected chi connectivity index (χ3v) is 6.87. The Bertz CT molecular complexity index is 772. The minimum absolute atomic E-state index is 0.0494. The quantitative estimate of drug-likeness (QED) is 0.846. The first-order valence-electron chi connectivity index (χ1n) is 7.46. The smallest absolute Gasteiger partial charge is 0.267 e. The van der Waals surface area contributed by atoms with Crippen molar-refractivity contribution in [3.05, 3.63) is 28.3 Å². The summed E-state index contributed by atoms with van der Waals surface area (Å²) in [5, 5.41) is 2.43. The van der Waals surface area contributed by atoms with Gasteiger partial charge in [0.1, 0.15) is 6.04 Å². The molecule has 23 heavy (non-hydrogen) atoms. The Labute approximate surface area is 143 Å². The fraction of sp³-hybridized carbons (Fsp3) is 0.500. The molecule has 1 N–H and O–H groups in total. The summed E-state index contributed by atoms with van der Waals surface area (Å²) in [5.41, 5.74) is 3.19. The molecule has 0 aliphatic carbocycles. The van der Waals surface area contributed by atoms with Crippen molar-refractivity contribution in [3.8, 4) is 0 Å². The van der Waals surface area contributed by atoms with E-state index in [1.165, 1.54) is 0 Å². The molecule has 1 atom stereocenters. The molecule has 1 fully saturated rings. The van der Waals surface area contributed by atoms with E-state index in [0.717, 1.165) is 15.4 Å². The molecule has 1 saturated heterocycles. The van der Waals surface area contributed by atoms with Gasteiger partial charge in [-0.1, -0.05) is 19.9 Å². The van der Waals surface area contributed by atoms with Gasteiger partial charge in [0.15, 0.2) is 5.11 Å². The molecule has 1 aromatic rings. The van der Waals surface area contributed by atoms with Crippen LogP contribution in [0, 0.1) is 33.6 Å². The molecule has 0 unspecified atom stereocenters. The molecule has 0 radical (unpaired) electrons. The van der Waals surface area contributed by atoms with Crippen LogP contribution in [0.5, 0.6) is 0 Å². The van der Waals surface area contributed by atoms with Crippen LogP contribution in [0.3, 0.4) is 0 Å². The van der Waals surface area contributed by atoms with Crippen molar-refractivity contribution in [2.45, 2.75) is 52.5 Å². The van der Waals surface area contributed by atoms with Crippen LogP contribution >= 0.6 is 12.2 Å². The predicted molar refractivity (Wildman–Crippen MR) is 93.8 cm³/mol. The van der Waals surface area contributed by atoms with Gasteiger partial charge in [0.25, 0.3) is 10.0 Å². The number of carbonyl (C=O) groups excluding carboxylic acids is 1. The zero-order chi connectivity index (χ0) is 17.7. The minimum atomic E-state index is -3.91. The van der Waals surface area contributed by atoms with Gasteiger partial charge in [-0.3, -0.25) is 4.79 Å². The van der Waals surface area contributed by atoms with Crippen molar-refractivity contribution in [2.75, 3.05) is 0 Å². The summed E-state index contributed by atoms with van der Waals surface area (Å²) in [5.74, 6) is -0.551. The topological polar surface area (TPSA) is 66.5 Å². The number of nitrogens with one attached hydrogen (secondary N) is 1. The first-order chi connectivity index (χ1) is 10.5. The molecule has 1 aliphatic heterocycles. The maximum absolute atomic E-state index is 13.3. The Kier molecular flexibility index (Phi) is 4.56. The number of aryl methyl sites for hydroxylation is 2. The van der Waals surface area contributed by atoms with E-state index < -0.39 is 16.1 Å². The number of nitrogens with zero attached hydrogens (tertiary/aromatic N) is 1. The molecular formula is C16H22N2O3S2. The second-order valence-corrected chi connectivity index (χ2v) is 8.51. The lowest BCUT2D eigenvalue weighted by atomic mass is 10.0. The highest BCUT2D eigenvalue weighted by molar-refractivity contribution is 7.91. The lowest BCUT2D eigenvalue weighted by Gasteiger charge is -2.27. The molecule has 5 nitrogen and oxygen atoms in total. The highest BCUT2D eigenvalue weighted by atomic mass is 32.2. The van der Waals surface area contributed by atoms with Crippen molar-refractivity contribution in [1.82, 2.24) is 9.62 Å². The number of thiocarbonyl (C=S) groups is 1. The van der Waals surface area contributed by atoms with E-state index in [4.69, 9.17) is 12.2 Å². The van der Waals surface area contributed by atoms with Crippen LogP contribution in [0.2, 0.25) is 0 Å². The van der Waals surface area contributed by atoms with E-state index in [-0.39, 0.29) is 21.8 Å². The van der Waals surface area contributed by atoms with Crippen molar-refractivity contribution in [2.24, 2.45) is 5.92 Å². The summed E-state index contributed by atoms with van der Waals surface area (Å²) in [4.78, 5) is 12.4. The fourth-order valence-electron chi connectivity index (χ4n) is 2.97. The lowest BCUT2D eigenvalue weighted by molar-refractivity contribution is -0.121. The Morgan fingerprint density at radius 2 is 1.61 bits per heavy atom. The second-order valence-electron chi connectivity index (χ2n) is 6.37. The second kappa shape index (κ2) is 5.87. The average Bonchev–Trinajstić information content (AvgIpc) is 2.72. The van der Waals surface area contributed by atoms with E-state index in [9.17, 15) is 13.2 Å². The number of amides is 1. The van der Waals surface area contributed by atoms with Crippen LogP contribution in [0.15, 0.2) is 11.0 Å². The van der Waals surface area contributed by atoms with Gasteiger partial charge in [0.05, 0.1) is 4.90 Å². The molecule has 0 aromatic heterocycles. The minimum Gasteiger partial charge on any atom is -0.300 e. The van der Waals surface area contributed by atoms with Gasteiger partial charge in [-0.15, -0.1) is 0 Å². The molecule has 0 spiro atoms. The van der Waals surface area contributed by atoms with Gasteiger partial charge < -0.3 is 5.32 Å². The van der Waals surface area contributed by atoms with Crippen LogP contribution in [0.25, 0.3) is 0 Å². The molecule has 2 rings (SSSR count). The van der Waals surface area contributed by atoms with Gasteiger partial charge in [-0.05, 0) is 68.1 Å². The van der Waals surface area contributed by atoms with E-state index >= 15 is 0 Å². The SMILES string of the molecule is Cc1cc(C)c(C)c(S(=O)(=O)N2C(=S)NC(=O)[C@@H]2C(C)C)c1C. The van der Waals surface area contributed by atoms with Gasteiger partial charge >= 0.3 is 0 Å². The summed E-state index contributed by atoms with van der Waals surface area (Å²) in [6, 6.07) is 1.15. The zero-order valence-electron chi connectivity index (χ0n) is 14.2. The molecule has 7 heteroatoms. The summed E-state index contributed by atoms with van der Waals surface area (Å²) < 4.78 is 27.7. The zero-order valence-corrected chi connectivity index (χ0v) is 15.9. The third-order valence-electron chi connectivity index (χ3n) is 4.40. The van der Waals surface area contributed by atoms with Crippen molar-refractivity contribution in [1.29, 1.82) is 0 Å². The molecule has 126 valence electrons. The molecule has 0 bridgehead atoms. The maximum Gasteiger partial charge on any atom is 0.267 e. The Balaban J connectivity index is 2.73. The number of rotatable bonds is 3. The lowest BCUT2D eigenvalue weighted by Crippen LogP contribution is -2.43. The normalized spacial score (nSPS) is 18.7. The van der Waals surface area contributed by atoms with Crippen molar-refractivity contribution >= 4 is 33.3 Å². The Morgan fingerprint density at radius 3 is 2.04 bits per heavy atom. The number of carbonyl (C=O) groups is 1. The molecule has 1 amide bonds. The van der Waals surface area contributed by atoms with Crippen LogP contribution in [0.4, 0.5) is 0 Å². The van der Waals surface area contributed by atoms with Gasteiger partial charge in [-0.2, -0.15) is 0 Å². The van der Waals surface area contributed by atoms with Crippen molar-refractivity contribution in [3.63, 3.8) is 0 Å². The van der Waals surface area contributed by atoms with E-state index in [0.29, 0.717) is 11.1 Å². The summed E-state index contributed by atoms with van der Waals surface area (Å²) in [6.07, 6.45) is 0. The Morgan fingerprint density at radius 1 is 1.13 bits per heavy atom. The average molecular weight is 354 g/mol. The van der Waals surface area contributed by atoms with Gasteiger partial charge in [0, 0.05) is 0 Å². The number of hydrogen-bond acceptors (Lipinski definition) is 4. The summed E-state index contributed by atoms with van der Waals surface area (Å²) in [7, 11) is -3.91. The monoisotopic (exact) mass is 354 g/mol. The third kappa shape index (κ3) is 2.76. The molecule has 0 saturated carbocycles. The van der Waals surface area contributed by atoms with Crippen LogP contribution in [0.1, 0.15) is 36.1 Å². The largest absolute Gasteiger partial charge is 0.300 e. The first kappa shape index (κ1) is 17.9. The van der Waals surface area contributed by atoms with Gasteiger partial charge in [0.2, 0.25) is 5.91 Å². The summed E-state index contributed by atoms with van der Waals surface area (Å²) in [6.45, 7) is 10.9. The molecule has 1 aliphatic rings. The van der Waals surface area contributed by atoms with Crippen LogP contribution < -0.4 is 5.32 Å². The van der Waals surface area contributed by atoms with E-state index in [1.807, 2.05) is 33.8 Å². The van der Waals surface area contributed by atoms with E-state index in [1.54, 1.807) is 13.8 Å². The predicted octanol–water partition coefficient (Wildman–Crippen LogP) is 2.35. The molecule has 1 heterocycles. The first-order valence-corrected chi connectivity index (χ1v) is 9.31. The number of benzene rings is 1. The number of sulfonamides is 1. The standard InChI is InChI=1S/C16H22N2O3S2/c1-8(2)13-15(19)17-16(22)18(13)23(20,21)14-11(5)9(3)7-10(4)12(14)6/h7-8,13H,1-6H3,(H,17,19,22)/t13-/m0/s1.